The molecule has 36 heavy (non-hydrogen) atoms. The smallest absolute Gasteiger partial charge is 0.335 e. The van der Waals surface area contributed by atoms with Crippen LogP contribution in [0.3, 0.4) is 0 Å². The van der Waals surface area contributed by atoms with Gasteiger partial charge in [0.1, 0.15) is 29.1 Å². The molecule has 2 N–H and O–H groups in total. The normalized spacial score (nSPS) is 17.1. The molecule has 8 nitrogen and oxygen atoms in total. The molecular weight excluding hydrogens is 478 g/mol. The number of carboxylic acid groups (broad SMARTS) is 1. The number of rotatable bonds is 7. The van der Waals surface area contributed by atoms with Gasteiger partial charge in [-0.2, -0.15) is 0 Å². The molecule has 3 heterocycles. The van der Waals surface area contributed by atoms with E-state index in [1.807, 2.05) is 53.4 Å². The van der Waals surface area contributed by atoms with Gasteiger partial charge in [-0.25, -0.2) is 4.79 Å². The van der Waals surface area contributed by atoms with Crippen LogP contribution >= 0.6 is 12.2 Å². The molecule has 1 aliphatic rings. The largest absolute Gasteiger partial charge is 0.497 e. The molecule has 0 radical (unpaired) electrons. The van der Waals surface area contributed by atoms with Gasteiger partial charge in [0.15, 0.2) is 5.11 Å². The molecular formula is C27H23N3O5S. The summed E-state index contributed by atoms with van der Waals surface area (Å²) in [5, 5.41) is 13.1. The Morgan fingerprint density at radius 3 is 2.53 bits per heavy atom. The van der Waals surface area contributed by atoms with Crippen molar-refractivity contribution in [3.63, 3.8) is 0 Å². The Morgan fingerprint density at radius 2 is 1.86 bits per heavy atom. The lowest BCUT2D eigenvalue weighted by atomic mass is 10.0. The maximum atomic E-state index is 11.2. The number of aromatic nitrogens is 1. The molecule has 0 saturated carbocycles. The lowest BCUT2D eigenvalue weighted by Crippen LogP contribution is -2.29. The lowest BCUT2D eigenvalue weighted by molar-refractivity contribution is 0.0697. The van der Waals surface area contributed by atoms with E-state index in [2.05, 4.69) is 10.3 Å². The molecule has 5 rings (SSSR count). The van der Waals surface area contributed by atoms with Crippen molar-refractivity contribution in [2.24, 2.45) is 0 Å². The molecule has 2 atom stereocenters. The molecule has 0 bridgehead atoms. The highest BCUT2D eigenvalue weighted by atomic mass is 32.1. The first kappa shape index (κ1) is 23.4. The molecule has 2 aromatic heterocycles. The third kappa shape index (κ3) is 4.25. The number of ether oxygens (including phenoxy) is 2. The summed E-state index contributed by atoms with van der Waals surface area (Å²) in [6.07, 6.45) is 1.74. The van der Waals surface area contributed by atoms with Crippen LogP contribution in [0, 0.1) is 0 Å². The second-order valence-electron chi connectivity index (χ2n) is 8.12. The predicted octanol–water partition coefficient (Wildman–Crippen LogP) is 5.23. The summed E-state index contributed by atoms with van der Waals surface area (Å²) in [5.41, 5.74) is 2.50. The zero-order valence-corrected chi connectivity index (χ0v) is 20.4. The van der Waals surface area contributed by atoms with E-state index in [1.165, 1.54) is 0 Å². The van der Waals surface area contributed by atoms with E-state index in [0.29, 0.717) is 28.1 Å². The number of aromatic carboxylic acids is 1. The minimum atomic E-state index is -0.978. The van der Waals surface area contributed by atoms with E-state index >= 15 is 0 Å². The molecule has 182 valence electrons. The molecule has 1 saturated heterocycles. The van der Waals surface area contributed by atoms with Crippen molar-refractivity contribution in [1.82, 2.24) is 10.3 Å². The Bertz CT molecular complexity index is 1400. The summed E-state index contributed by atoms with van der Waals surface area (Å²) >= 11 is 5.80. The Labute approximate surface area is 213 Å². The van der Waals surface area contributed by atoms with Gasteiger partial charge in [0.2, 0.25) is 0 Å². The zero-order chi connectivity index (χ0) is 25.2. The van der Waals surface area contributed by atoms with E-state index in [0.717, 1.165) is 16.9 Å². The van der Waals surface area contributed by atoms with Gasteiger partial charge in [0.25, 0.3) is 0 Å². The number of thiocarbonyl (C=S) groups is 1. The second kappa shape index (κ2) is 9.71. The third-order valence-electron chi connectivity index (χ3n) is 6.08. The van der Waals surface area contributed by atoms with Crippen molar-refractivity contribution < 1.29 is 23.8 Å². The number of anilines is 1. The van der Waals surface area contributed by atoms with Gasteiger partial charge >= 0.3 is 5.97 Å². The van der Waals surface area contributed by atoms with E-state index in [4.69, 9.17) is 26.1 Å². The predicted molar refractivity (Wildman–Crippen MR) is 139 cm³/mol. The highest BCUT2D eigenvalue weighted by Crippen LogP contribution is 2.46. The Hall–Kier alpha value is -4.37. The Morgan fingerprint density at radius 1 is 1.06 bits per heavy atom. The quantitative estimate of drug-likeness (QED) is 0.330. The number of nitrogens with one attached hydrogen (secondary N) is 1. The van der Waals surface area contributed by atoms with Crippen LogP contribution in [0.4, 0.5) is 5.69 Å². The summed E-state index contributed by atoms with van der Waals surface area (Å²) in [5.74, 6) is 1.57. The van der Waals surface area contributed by atoms with Gasteiger partial charge in [-0.05, 0) is 60.7 Å². The van der Waals surface area contributed by atoms with Crippen molar-refractivity contribution in [1.29, 1.82) is 0 Å². The van der Waals surface area contributed by atoms with Crippen LogP contribution in [-0.2, 0) is 0 Å². The van der Waals surface area contributed by atoms with Gasteiger partial charge < -0.3 is 29.2 Å². The highest BCUT2D eigenvalue weighted by Gasteiger charge is 2.43. The van der Waals surface area contributed by atoms with E-state index < -0.39 is 5.97 Å². The monoisotopic (exact) mass is 501 g/mol. The van der Waals surface area contributed by atoms with Crippen molar-refractivity contribution in [2.75, 3.05) is 19.1 Å². The third-order valence-corrected chi connectivity index (χ3v) is 6.39. The Balaban J connectivity index is 1.61. The molecule has 4 aromatic rings. The summed E-state index contributed by atoms with van der Waals surface area (Å²) in [6, 6.07) is 20.9. The van der Waals surface area contributed by atoms with Crippen LogP contribution in [0.1, 0.15) is 33.9 Å². The average Bonchev–Trinajstić information content (AvgIpc) is 3.53. The van der Waals surface area contributed by atoms with Gasteiger partial charge in [-0.15, -0.1) is 0 Å². The number of carbonyl (C=O) groups is 1. The van der Waals surface area contributed by atoms with Crippen LogP contribution in [0.5, 0.6) is 11.5 Å². The molecule has 0 aliphatic carbocycles. The second-order valence-corrected chi connectivity index (χ2v) is 8.51. The number of methoxy groups -OCH3 is 2. The molecule has 1 fully saturated rings. The van der Waals surface area contributed by atoms with E-state index in [-0.39, 0.29) is 17.6 Å². The molecule has 0 spiro atoms. The van der Waals surface area contributed by atoms with Crippen LogP contribution in [0.25, 0.3) is 11.3 Å². The molecule has 0 unspecified atom stereocenters. The minimum Gasteiger partial charge on any atom is -0.497 e. The lowest BCUT2D eigenvalue weighted by Gasteiger charge is -2.27. The fourth-order valence-electron chi connectivity index (χ4n) is 4.33. The van der Waals surface area contributed by atoms with Crippen molar-refractivity contribution in [2.45, 2.75) is 12.1 Å². The topological polar surface area (TPSA) is 97.1 Å². The number of carboxylic acids is 1. The molecule has 9 heteroatoms. The summed E-state index contributed by atoms with van der Waals surface area (Å²) in [7, 11) is 3.21. The number of nitrogens with zero attached hydrogens (tertiary/aromatic N) is 2. The summed E-state index contributed by atoms with van der Waals surface area (Å²) < 4.78 is 17.5. The van der Waals surface area contributed by atoms with Crippen LogP contribution in [0.2, 0.25) is 0 Å². The number of hydrogen-bond acceptors (Lipinski definition) is 6. The Kier molecular flexibility index (Phi) is 6.30. The summed E-state index contributed by atoms with van der Waals surface area (Å²) in [4.78, 5) is 17.7. The molecule has 2 aromatic carbocycles. The maximum Gasteiger partial charge on any atom is 0.335 e. The molecule has 1 aliphatic heterocycles. The van der Waals surface area contributed by atoms with Gasteiger partial charge in [-0.3, -0.25) is 4.98 Å². The van der Waals surface area contributed by atoms with Gasteiger partial charge in [-0.1, -0.05) is 18.2 Å². The average molecular weight is 502 g/mol. The van der Waals surface area contributed by atoms with Crippen LogP contribution < -0.4 is 19.7 Å². The zero-order valence-electron chi connectivity index (χ0n) is 19.5. The number of pyridine rings is 1. The number of benzene rings is 2. The highest BCUT2D eigenvalue weighted by molar-refractivity contribution is 7.80. The van der Waals surface area contributed by atoms with E-state index in [1.54, 1.807) is 44.7 Å². The standard InChI is InChI=1S/C27H23N3O5S/c1-33-18-10-11-22(34-2)20(15-18)30-25(24(29-27(30)36)19-5-3-4-14-28-19)23-13-12-21(35-23)16-6-8-17(9-7-16)26(31)32/h3-15,24-25H,1-2H3,(H,29,36)(H,31,32)/t24-,25+/m0/s1. The summed E-state index contributed by atoms with van der Waals surface area (Å²) in [6.45, 7) is 0. The van der Waals surface area contributed by atoms with Crippen LogP contribution in [0.15, 0.2) is 83.4 Å². The fourth-order valence-corrected chi connectivity index (χ4v) is 4.67. The van der Waals surface area contributed by atoms with Gasteiger partial charge in [0.05, 0.1) is 37.2 Å². The number of furan rings is 1. The maximum absolute atomic E-state index is 11.2. The van der Waals surface area contributed by atoms with Gasteiger partial charge in [0, 0.05) is 17.8 Å². The van der Waals surface area contributed by atoms with Crippen molar-refractivity contribution in [3.8, 4) is 22.8 Å². The minimum absolute atomic E-state index is 0.211. The van der Waals surface area contributed by atoms with E-state index in [9.17, 15) is 9.90 Å². The van der Waals surface area contributed by atoms with Crippen molar-refractivity contribution >= 4 is 29.0 Å². The van der Waals surface area contributed by atoms with Crippen LogP contribution in [-0.4, -0.2) is 35.4 Å². The SMILES string of the molecule is COc1ccc(OC)c(N2C(=S)N[C@@H](c3ccccn3)[C@H]2c2ccc(-c3ccc(C(=O)O)cc3)o2)c1. The number of hydrogen-bond donors (Lipinski definition) is 2. The first-order valence-corrected chi connectivity index (χ1v) is 11.6. The first-order valence-electron chi connectivity index (χ1n) is 11.2. The molecule has 0 amide bonds. The fraction of sp³-hybridized carbons (Fsp3) is 0.148. The van der Waals surface area contributed by atoms with Crippen molar-refractivity contribution in [3.05, 3.63) is 96.0 Å². The first-order chi connectivity index (χ1) is 17.5.